The van der Waals surface area contributed by atoms with Gasteiger partial charge < -0.3 is 10.3 Å². The van der Waals surface area contributed by atoms with Crippen molar-refractivity contribution in [3.05, 3.63) is 40.5 Å². The third-order valence-corrected chi connectivity index (χ3v) is 5.51. The van der Waals surface area contributed by atoms with Crippen molar-refractivity contribution in [2.24, 2.45) is 21.4 Å². The highest BCUT2D eigenvalue weighted by Crippen LogP contribution is 2.56. The quantitative estimate of drug-likeness (QED) is 0.490. The van der Waals surface area contributed by atoms with E-state index < -0.39 is 0 Å². The van der Waals surface area contributed by atoms with Gasteiger partial charge in [-0.3, -0.25) is 0 Å². The highest BCUT2D eigenvalue weighted by atomic mass is 15.2. The number of nitrogens with two attached hydrogens (primary N) is 1. The molecular weight excluding hydrogens is 272 g/mol. The third kappa shape index (κ3) is 2.56. The van der Waals surface area contributed by atoms with E-state index >= 15 is 0 Å². The molecule has 1 aromatic heterocycles. The third-order valence-electron chi connectivity index (χ3n) is 5.51. The second kappa shape index (κ2) is 6.21. The Morgan fingerprint density at radius 2 is 2.23 bits per heavy atom. The van der Waals surface area contributed by atoms with E-state index in [0.717, 1.165) is 18.3 Å². The van der Waals surface area contributed by atoms with E-state index in [0.29, 0.717) is 12.1 Å². The minimum atomic E-state index is 0.415. The van der Waals surface area contributed by atoms with Crippen molar-refractivity contribution in [1.82, 2.24) is 4.57 Å². The average molecular weight is 298 g/mol. The van der Waals surface area contributed by atoms with Crippen LogP contribution < -0.4 is 11.2 Å². The maximum absolute atomic E-state index is 5.81. The first kappa shape index (κ1) is 15.2. The molecule has 0 spiro atoms. The number of aromatic nitrogens is 1. The number of allylic oxidation sites excluding steroid dienone is 2. The SMILES string of the molecule is C=N/N=c1/cc(CCC23CCC=C2CC3)c(CC)cn1CN. The predicted octanol–water partition coefficient (Wildman–Crippen LogP) is 2.92. The van der Waals surface area contributed by atoms with Crippen LogP contribution in [0.2, 0.25) is 0 Å². The number of nitrogens with zero attached hydrogens (tertiary/aromatic N) is 3. The van der Waals surface area contributed by atoms with Gasteiger partial charge in [-0.05, 0) is 67.6 Å². The molecule has 1 aromatic rings. The molecule has 2 N–H and O–H groups in total. The molecule has 1 heterocycles. The largest absolute Gasteiger partial charge is 0.318 e. The fraction of sp³-hybridized carbons (Fsp3) is 0.556. The molecule has 1 unspecified atom stereocenters. The van der Waals surface area contributed by atoms with Gasteiger partial charge in [0.15, 0.2) is 5.49 Å². The lowest BCUT2D eigenvalue weighted by molar-refractivity contribution is 0.222. The van der Waals surface area contributed by atoms with Crippen molar-refractivity contribution >= 4 is 6.72 Å². The van der Waals surface area contributed by atoms with Gasteiger partial charge in [-0.15, -0.1) is 5.10 Å². The van der Waals surface area contributed by atoms with Crippen LogP contribution in [0, 0.1) is 5.41 Å². The van der Waals surface area contributed by atoms with Crippen molar-refractivity contribution in [2.75, 3.05) is 0 Å². The minimum absolute atomic E-state index is 0.415. The summed E-state index contributed by atoms with van der Waals surface area (Å²) >= 11 is 0. The van der Waals surface area contributed by atoms with Gasteiger partial charge in [0.25, 0.3) is 0 Å². The smallest absolute Gasteiger partial charge is 0.156 e. The topological polar surface area (TPSA) is 55.7 Å². The first-order valence-corrected chi connectivity index (χ1v) is 8.34. The lowest BCUT2D eigenvalue weighted by atomic mass is 9.63. The fourth-order valence-corrected chi connectivity index (χ4v) is 4.06. The Morgan fingerprint density at radius 1 is 1.36 bits per heavy atom. The molecule has 3 rings (SSSR count). The van der Waals surface area contributed by atoms with Gasteiger partial charge in [0.05, 0.1) is 6.67 Å². The lowest BCUT2D eigenvalue weighted by Crippen LogP contribution is -2.31. The van der Waals surface area contributed by atoms with Crippen LogP contribution in [0.15, 0.2) is 34.1 Å². The summed E-state index contributed by atoms with van der Waals surface area (Å²) in [6.07, 6.45) is 13.3. The second-order valence-electron chi connectivity index (χ2n) is 6.48. The Bertz CT molecular complexity index is 668. The van der Waals surface area contributed by atoms with E-state index in [1.807, 2.05) is 4.57 Å². The number of fused-ring (bicyclic) bond motifs is 1. The minimum Gasteiger partial charge on any atom is -0.318 e. The van der Waals surface area contributed by atoms with E-state index in [4.69, 9.17) is 5.73 Å². The molecule has 0 aliphatic heterocycles. The van der Waals surface area contributed by atoms with E-state index in [1.165, 1.54) is 43.2 Å². The molecule has 4 heteroatoms. The van der Waals surface area contributed by atoms with Crippen LogP contribution in [0.3, 0.4) is 0 Å². The summed E-state index contributed by atoms with van der Waals surface area (Å²) < 4.78 is 1.94. The van der Waals surface area contributed by atoms with Crippen LogP contribution in [0.25, 0.3) is 0 Å². The van der Waals surface area contributed by atoms with Gasteiger partial charge in [0, 0.05) is 12.9 Å². The second-order valence-corrected chi connectivity index (χ2v) is 6.48. The van der Waals surface area contributed by atoms with E-state index in [1.54, 1.807) is 5.57 Å². The summed E-state index contributed by atoms with van der Waals surface area (Å²) in [5.41, 5.74) is 11.6. The lowest BCUT2D eigenvalue weighted by Gasteiger charge is -2.42. The molecule has 0 bridgehead atoms. The zero-order valence-electron chi connectivity index (χ0n) is 13.5. The first-order valence-electron chi connectivity index (χ1n) is 8.34. The zero-order valence-corrected chi connectivity index (χ0v) is 13.5. The van der Waals surface area contributed by atoms with Crippen molar-refractivity contribution < 1.29 is 0 Å². The van der Waals surface area contributed by atoms with Gasteiger partial charge >= 0.3 is 0 Å². The number of aryl methyl sites for hydroxylation is 2. The molecule has 22 heavy (non-hydrogen) atoms. The first-order chi connectivity index (χ1) is 10.7. The molecule has 1 saturated carbocycles. The monoisotopic (exact) mass is 298 g/mol. The summed E-state index contributed by atoms with van der Waals surface area (Å²) in [4.78, 5) is 0. The maximum Gasteiger partial charge on any atom is 0.156 e. The number of hydrogen-bond acceptors (Lipinski definition) is 3. The van der Waals surface area contributed by atoms with Crippen molar-refractivity contribution in [1.29, 1.82) is 0 Å². The van der Waals surface area contributed by atoms with Crippen molar-refractivity contribution in [2.45, 2.75) is 58.5 Å². The Labute approximate surface area is 132 Å². The van der Waals surface area contributed by atoms with E-state index in [9.17, 15) is 0 Å². The molecule has 118 valence electrons. The number of rotatable bonds is 6. The normalized spacial score (nSPS) is 23.9. The Balaban J connectivity index is 1.86. The highest BCUT2D eigenvalue weighted by molar-refractivity contribution is 5.30. The maximum atomic E-state index is 5.81. The molecule has 0 saturated heterocycles. The van der Waals surface area contributed by atoms with Gasteiger partial charge in [0.2, 0.25) is 0 Å². The zero-order chi connectivity index (χ0) is 15.6. The summed E-state index contributed by atoms with van der Waals surface area (Å²) in [6.45, 7) is 6.08. The van der Waals surface area contributed by atoms with Crippen molar-refractivity contribution in [3.63, 3.8) is 0 Å². The van der Waals surface area contributed by atoms with Crippen LogP contribution >= 0.6 is 0 Å². The van der Waals surface area contributed by atoms with Crippen LogP contribution in [-0.4, -0.2) is 11.3 Å². The Hall–Kier alpha value is -1.68. The molecule has 1 atom stereocenters. The molecule has 1 fully saturated rings. The molecule has 0 aromatic carbocycles. The van der Waals surface area contributed by atoms with Gasteiger partial charge in [0.1, 0.15) is 0 Å². The summed E-state index contributed by atoms with van der Waals surface area (Å²) in [7, 11) is 0. The average Bonchev–Trinajstić information content (AvgIpc) is 2.80. The summed E-state index contributed by atoms with van der Waals surface area (Å²) in [5, 5.41) is 7.80. The molecule has 0 radical (unpaired) electrons. The predicted molar refractivity (Wildman–Crippen MR) is 90.4 cm³/mol. The molecule has 0 amide bonds. The molecule has 2 aliphatic carbocycles. The van der Waals surface area contributed by atoms with Crippen LogP contribution in [0.5, 0.6) is 0 Å². The number of pyridine rings is 1. The summed E-state index contributed by atoms with van der Waals surface area (Å²) in [5.74, 6) is 0. The van der Waals surface area contributed by atoms with E-state index in [2.05, 4.69) is 42.2 Å². The van der Waals surface area contributed by atoms with Gasteiger partial charge in [-0.25, -0.2) is 0 Å². The van der Waals surface area contributed by atoms with Crippen molar-refractivity contribution in [3.8, 4) is 0 Å². The highest BCUT2D eigenvalue weighted by Gasteiger charge is 2.43. The standard InChI is InChI=1S/C18H26N4/c1-3-14-12-22(13-19)17(21-20-2)11-15(14)6-9-18-8-4-5-16(18)7-10-18/h5,11-12H,2-4,6-10,13,19H2,1H3/b21-17-. The van der Waals surface area contributed by atoms with Crippen LogP contribution in [0.4, 0.5) is 0 Å². The molecule has 4 nitrogen and oxygen atoms in total. The fourth-order valence-electron chi connectivity index (χ4n) is 4.06. The van der Waals surface area contributed by atoms with E-state index in [-0.39, 0.29) is 0 Å². The summed E-state index contributed by atoms with van der Waals surface area (Å²) in [6, 6.07) is 2.15. The van der Waals surface area contributed by atoms with Crippen LogP contribution in [-0.2, 0) is 19.5 Å². The number of hydrogen-bond donors (Lipinski definition) is 1. The molecule has 2 aliphatic rings. The molecular formula is C18H26N4. The van der Waals surface area contributed by atoms with Gasteiger partial charge in [-0.2, -0.15) is 5.10 Å². The Kier molecular flexibility index (Phi) is 4.30. The Morgan fingerprint density at radius 3 is 2.82 bits per heavy atom. The van der Waals surface area contributed by atoms with Crippen LogP contribution in [0.1, 0.15) is 50.2 Å². The van der Waals surface area contributed by atoms with Gasteiger partial charge in [-0.1, -0.05) is 18.6 Å².